The van der Waals surface area contributed by atoms with Gasteiger partial charge in [-0.3, -0.25) is 14.4 Å². The molecule has 3 atom stereocenters. The highest BCUT2D eigenvalue weighted by molar-refractivity contribution is 6.34. The molecule has 1 aromatic carbocycles. The molecule has 2 fully saturated rings. The maximum absolute atomic E-state index is 12.9. The van der Waals surface area contributed by atoms with Gasteiger partial charge in [0.05, 0.1) is 40.7 Å². The van der Waals surface area contributed by atoms with Crippen molar-refractivity contribution in [1.82, 2.24) is 29.5 Å². The van der Waals surface area contributed by atoms with Crippen LogP contribution in [0.2, 0.25) is 10.0 Å². The van der Waals surface area contributed by atoms with E-state index in [1.807, 2.05) is 16.8 Å². The first-order valence-corrected chi connectivity index (χ1v) is 17.3. The quantitative estimate of drug-likeness (QED) is 0.365. The summed E-state index contributed by atoms with van der Waals surface area (Å²) in [4.78, 5) is 29.4. The zero-order valence-corrected chi connectivity index (χ0v) is 28.3. The number of aromatic nitrogens is 4. The predicted molar refractivity (Wildman–Crippen MR) is 176 cm³/mol. The fourth-order valence-electron chi connectivity index (χ4n) is 8.71. The van der Waals surface area contributed by atoms with E-state index >= 15 is 0 Å². The Balaban J connectivity index is 1.17. The molecule has 2 aromatic heterocycles. The van der Waals surface area contributed by atoms with Crippen molar-refractivity contribution in [3.63, 3.8) is 0 Å². The van der Waals surface area contributed by atoms with Gasteiger partial charge in [0.2, 0.25) is 0 Å². The van der Waals surface area contributed by atoms with E-state index < -0.39 is 5.60 Å². The zero-order chi connectivity index (χ0) is 31.8. The number of hydrogen-bond donors (Lipinski definition) is 0. The van der Waals surface area contributed by atoms with Gasteiger partial charge in [-0.15, -0.1) is 0 Å². The van der Waals surface area contributed by atoms with Crippen molar-refractivity contribution >= 4 is 34.9 Å². The largest absolute Gasteiger partial charge is 0.461 e. The van der Waals surface area contributed by atoms with Crippen LogP contribution in [-0.4, -0.2) is 81.3 Å². The molecule has 1 amide bonds. The molecule has 244 valence electrons. The maximum Gasteiger partial charge on any atom is 0.318 e. The average Bonchev–Trinajstić information content (AvgIpc) is 3.71. The van der Waals surface area contributed by atoms with E-state index in [4.69, 9.17) is 42.6 Å². The number of carbonyl (C=O) groups is 1. The first-order chi connectivity index (χ1) is 22.2. The van der Waals surface area contributed by atoms with E-state index in [9.17, 15) is 4.79 Å². The molecule has 4 aliphatic heterocycles. The van der Waals surface area contributed by atoms with Crippen molar-refractivity contribution in [2.45, 2.75) is 82.7 Å². The first kappa shape index (κ1) is 30.4. The van der Waals surface area contributed by atoms with Crippen molar-refractivity contribution in [3.8, 4) is 6.01 Å². The van der Waals surface area contributed by atoms with Crippen molar-refractivity contribution in [3.05, 3.63) is 62.0 Å². The van der Waals surface area contributed by atoms with Crippen LogP contribution in [0.1, 0.15) is 77.6 Å². The molecule has 8 rings (SSSR count). The Hall–Kier alpha value is -2.92. The molecule has 10 nitrogen and oxygen atoms in total. The maximum atomic E-state index is 12.9. The number of aryl methyl sites for hydroxylation is 1. The number of hydrogen-bond acceptors (Lipinski definition) is 8. The zero-order valence-electron chi connectivity index (χ0n) is 26.8. The summed E-state index contributed by atoms with van der Waals surface area (Å²) in [7, 11) is 3.43. The van der Waals surface area contributed by atoms with Gasteiger partial charge in [-0.25, -0.2) is 0 Å². The molecule has 0 unspecified atom stereocenters. The highest BCUT2D eigenvalue weighted by atomic mass is 35.5. The second-order valence-electron chi connectivity index (χ2n) is 14.2. The Morgan fingerprint density at radius 1 is 1.13 bits per heavy atom. The third kappa shape index (κ3) is 4.90. The van der Waals surface area contributed by atoms with E-state index in [2.05, 4.69) is 27.9 Å². The monoisotopic (exact) mass is 665 g/mol. The highest BCUT2D eigenvalue weighted by Crippen LogP contribution is 2.49. The topological polar surface area (TPSA) is 88.9 Å². The number of anilines is 1. The summed E-state index contributed by atoms with van der Waals surface area (Å²) in [5.41, 5.74) is 4.97. The second kappa shape index (κ2) is 11.4. The third-order valence-electron chi connectivity index (χ3n) is 10.9. The lowest BCUT2D eigenvalue weighted by atomic mass is 9.87. The molecule has 0 bridgehead atoms. The summed E-state index contributed by atoms with van der Waals surface area (Å²) < 4.78 is 15.3. The van der Waals surface area contributed by atoms with Crippen LogP contribution in [0.25, 0.3) is 0 Å². The lowest BCUT2D eigenvalue weighted by Crippen LogP contribution is -2.43. The van der Waals surface area contributed by atoms with E-state index in [0.717, 1.165) is 85.1 Å². The van der Waals surface area contributed by atoms with Crippen LogP contribution >= 0.6 is 23.2 Å². The summed E-state index contributed by atoms with van der Waals surface area (Å²) in [6, 6.07) is 6.55. The number of amides is 1. The molecule has 1 spiro atoms. The number of nitrogens with zero attached hydrogens (tertiary/aromatic N) is 7. The van der Waals surface area contributed by atoms with Gasteiger partial charge in [0.15, 0.2) is 5.69 Å². The fourth-order valence-corrected chi connectivity index (χ4v) is 9.26. The molecule has 0 radical (unpaired) electrons. The average molecular weight is 667 g/mol. The minimum Gasteiger partial charge on any atom is -0.461 e. The van der Waals surface area contributed by atoms with Gasteiger partial charge in [0.1, 0.15) is 12.4 Å². The van der Waals surface area contributed by atoms with E-state index in [1.165, 1.54) is 16.9 Å². The second-order valence-corrected chi connectivity index (χ2v) is 14.9. The van der Waals surface area contributed by atoms with Crippen LogP contribution in [0.3, 0.4) is 0 Å². The van der Waals surface area contributed by atoms with Crippen molar-refractivity contribution in [2.75, 3.05) is 45.2 Å². The molecule has 12 heteroatoms. The Bertz CT molecular complexity index is 1710. The number of fused-ring (bicyclic) bond motifs is 5. The summed E-state index contributed by atoms with van der Waals surface area (Å²) in [6.07, 6.45) is 6.68. The van der Waals surface area contributed by atoms with Gasteiger partial charge in [-0.05, 0) is 68.2 Å². The molecular formula is C34H41Cl2N7O3. The standard InChI is InChI=1S/C34H41Cl2N7O3/c1-21-15-33(10-5-13-42(33)17-21)20-45-32-37-26-16-34(11-9-22-24(34)7-4-8-25(22)35)46-19-23(26)30(38-32)41-12-6-14-43-27(18-41)28(36)29(39-43)31(44)40(2)3/h4,7-8,21H,5-6,9-20H2,1-3H3/t21-,33+,34+/m1/s1. The van der Waals surface area contributed by atoms with Crippen LogP contribution < -0.4 is 9.64 Å². The predicted octanol–water partition coefficient (Wildman–Crippen LogP) is 5.26. The summed E-state index contributed by atoms with van der Waals surface area (Å²) in [6.45, 7) is 7.45. The number of rotatable bonds is 5. The van der Waals surface area contributed by atoms with Crippen LogP contribution in [0.4, 0.5) is 5.82 Å². The molecule has 46 heavy (non-hydrogen) atoms. The molecule has 1 aliphatic carbocycles. The Morgan fingerprint density at radius 3 is 2.85 bits per heavy atom. The van der Waals surface area contributed by atoms with Gasteiger partial charge in [-0.2, -0.15) is 15.1 Å². The smallest absolute Gasteiger partial charge is 0.318 e. The van der Waals surface area contributed by atoms with Gasteiger partial charge in [0, 0.05) is 50.7 Å². The number of ether oxygens (including phenoxy) is 2. The molecule has 3 aromatic rings. The Kier molecular flexibility index (Phi) is 7.51. The van der Waals surface area contributed by atoms with Crippen LogP contribution in [0, 0.1) is 5.92 Å². The normalized spacial score (nSPS) is 26.9. The van der Waals surface area contributed by atoms with Crippen LogP contribution in [-0.2, 0) is 42.9 Å². The van der Waals surface area contributed by atoms with E-state index in [1.54, 1.807) is 14.1 Å². The molecule has 0 saturated carbocycles. The lowest BCUT2D eigenvalue weighted by Gasteiger charge is -2.37. The van der Waals surface area contributed by atoms with Crippen molar-refractivity contribution in [2.24, 2.45) is 5.92 Å². The van der Waals surface area contributed by atoms with Crippen molar-refractivity contribution in [1.29, 1.82) is 0 Å². The number of benzene rings is 1. The highest BCUT2D eigenvalue weighted by Gasteiger charge is 2.48. The lowest BCUT2D eigenvalue weighted by molar-refractivity contribution is -0.0730. The summed E-state index contributed by atoms with van der Waals surface area (Å²) >= 11 is 13.5. The van der Waals surface area contributed by atoms with Gasteiger partial charge in [-0.1, -0.05) is 42.3 Å². The van der Waals surface area contributed by atoms with Crippen LogP contribution in [0.5, 0.6) is 6.01 Å². The first-order valence-electron chi connectivity index (χ1n) is 16.6. The number of halogens is 2. The van der Waals surface area contributed by atoms with Gasteiger partial charge in [0.25, 0.3) is 5.91 Å². The summed E-state index contributed by atoms with van der Waals surface area (Å²) in [5, 5.41) is 5.82. The molecule has 2 saturated heterocycles. The van der Waals surface area contributed by atoms with Gasteiger partial charge >= 0.3 is 6.01 Å². The molecule has 6 heterocycles. The molecule has 5 aliphatic rings. The molecular weight excluding hydrogens is 625 g/mol. The Morgan fingerprint density at radius 2 is 2.00 bits per heavy atom. The third-order valence-corrected chi connectivity index (χ3v) is 11.6. The van der Waals surface area contributed by atoms with Crippen molar-refractivity contribution < 1.29 is 14.3 Å². The molecule has 0 N–H and O–H groups in total. The minimum atomic E-state index is -0.472. The fraction of sp³-hybridized carbons (Fsp3) is 0.588. The van der Waals surface area contributed by atoms with Crippen LogP contribution in [0.15, 0.2) is 18.2 Å². The van der Waals surface area contributed by atoms with E-state index in [0.29, 0.717) is 49.7 Å². The minimum absolute atomic E-state index is 0.0579. The summed E-state index contributed by atoms with van der Waals surface area (Å²) in [5.74, 6) is 1.27. The number of carbonyl (C=O) groups excluding carboxylic acids is 1. The Labute approximate surface area is 280 Å². The van der Waals surface area contributed by atoms with E-state index in [-0.39, 0.29) is 17.1 Å². The van der Waals surface area contributed by atoms with Gasteiger partial charge < -0.3 is 19.3 Å². The SMILES string of the molecule is C[C@H]1CN2CCC[C@@]2(COc2nc3c(c(N4CCCn5nc(C(=O)N(C)C)c(Cl)c5C4)n2)CO[C@@]2(CCc4c(Cl)cccc42)C3)C1.